The topological polar surface area (TPSA) is 35.6 Å². The Kier molecular flexibility index (Phi) is 5.62. The van der Waals surface area contributed by atoms with Crippen LogP contribution in [0.5, 0.6) is 0 Å². The Labute approximate surface area is 128 Å². The monoisotopic (exact) mass is 289 g/mol. The molecule has 1 amide bonds. The molecule has 1 heterocycles. The normalized spacial score (nSPS) is 15.2. The van der Waals surface area contributed by atoms with Crippen LogP contribution in [-0.4, -0.2) is 43.5 Å². The van der Waals surface area contributed by atoms with E-state index in [9.17, 15) is 4.79 Å². The Balaban J connectivity index is 1.98. The summed E-state index contributed by atoms with van der Waals surface area (Å²) in [7, 11) is 0. The van der Waals surface area contributed by atoms with Gasteiger partial charge in [0.1, 0.15) is 0 Å². The van der Waals surface area contributed by atoms with Crippen molar-refractivity contribution in [2.24, 2.45) is 0 Å². The maximum atomic E-state index is 12.1. The van der Waals surface area contributed by atoms with Gasteiger partial charge in [0.2, 0.25) is 5.91 Å². The summed E-state index contributed by atoms with van der Waals surface area (Å²) in [6.07, 6.45) is 2.43. The third-order valence-corrected chi connectivity index (χ3v) is 4.18. The molecular formula is C17H27N3O. The molecule has 0 aliphatic carbocycles. The van der Waals surface area contributed by atoms with Gasteiger partial charge in [0.25, 0.3) is 0 Å². The highest BCUT2D eigenvalue weighted by molar-refractivity contribution is 5.93. The number of amides is 1. The van der Waals surface area contributed by atoms with Crippen LogP contribution in [0.4, 0.5) is 11.4 Å². The summed E-state index contributed by atoms with van der Waals surface area (Å²) in [6, 6.07) is 6.26. The van der Waals surface area contributed by atoms with Gasteiger partial charge in [-0.25, -0.2) is 0 Å². The van der Waals surface area contributed by atoms with E-state index in [0.717, 1.165) is 37.4 Å². The Morgan fingerprint density at radius 3 is 2.48 bits per heavy atom. The van der Waals surface area contributed by atoms with E-state index < -0.39 is 0 Å². The minimum atomic E-state index is 0.0931. The highest BCUT2D eigenvalue weighted by Gasteiger charge is 2.15. The Morgan fingerprint density at radius 1 is 1.24 bits per heavy atom. The minimum Gasteiger partial charge on any atom is -0.372 e. The fraction of sp³-hybridized carbons (Fsp3) is 0.588. The van der Waals surface area contributed by atoms with Crippen LogP contribution in [0.3, 0.4) is 0 Å². The number of anilines is 2. The van der Waals surface area contributed by atoms with Crippen LogP contribution in [-0.2, 0) is 4.79 Å². The van der Waals surface area contributed by atoms with E-state index >= 15 is 0 Å². The zero-order valence-electron chi connectivity index (χ0n) is 13.5. The molecule has 1 fully saturated rings. The number of benzene rings is 1. The fourth-order valence-corrected chi connectivity index (χ4v) is 2.91. The average Bonchev–Trinajstić information content (AvgIpc) is 2.96. The fourth-order valence-electron chi connectivity index (χ4n) is 2.91. The molecule has 1 aromatic carbocycles. The molecule has 116 valence electrons. The van der Waals surface area contributed by atoms with Gasteiger partial charge in [0.15, 0.2) is 0 Å². The van der Waals surface area contributed by atoms with Crippen molar-refractivity contribution in [2.75, 3.05) is 42.9 Å². The second kappa shape index (κ2) is 7.46. The van der Waals surface area contributed by atoms with Crippen molar-refractivity contribution in [3.05, 3.63) is 23.8 Å². The molecule has 0 aromatic heterocycles. The Hall–Kier alpha value is -1.55. The zero-order valence-corrected chi connectivity index (χ0v) is 13.5. The molecule has 0 bridgehead atoms. The summed E-state index contributed by atoms with van der Waals surface area (Å²) in [6.45, 7) is 11.0. The summed E-state index contributed by atoms with van der Waals surface area (Å²) in [5.74, 6) is 0.0931. The van der Waals surface area contributed by atoms with Crippen molar-refractivity contribution >= 4 is 17.3 Å². The molecular weight excluding hydrogens is 262 g/mol. The number of aryl methyl sites for hydroxylation is 1. The van der Waals surface area contributed by atoms with Crippen LogP contribution < -0.4 is 10.2 Å². The molecule has 0 unspecified atom stereocenters. The maximum absolute atomic E-state index is 12.1. The molecule has 1 aliphatic rings. The summed E-state index contributed by atoms with van der Waals surface area (Å²) >= 11 is 0. The van der Waals surface area contributed by atoms with Gasteiger partial charge >= 0.3 is 0 Å². The number of hydrogen-bond donors (Lipinski definition) is 1. The van der Waals surface area contributed by atoms with Crippen LogP contribution in [0.25, 0.3) is 0 Å². The molecule has 1 aliphatic heterocycles. The van der Waals surface area contributed by atoms with Crippen molar-refractivity contribution in [2.45, 2.75) is 33.6 Å². The lowest BCUT2D eigenvalue weighted by Crippen LogP contribution is -2.31. The van der Waals surface area contributed by atoms with E-state index in [4.69, 9.17) is 0 Å². The molecule has 1 N–H and O–H groups in total. The van der Waals surface area contributed by atoms with Crippen LogP contribution in [0, 0.1) is 6.92 Å². The maximum Gasteiger partial charge on any atom is 0.238 e. The number of carbonyl (C=O) groups excluding carboxylic acids is 1. The molecule has 0 radical (unpaired) electrons. The number of nitrogens with zero attached hydrogens (tertiary/aromatic N) is 2. The van der Waals surface area contributed by atoms with E-state index in [1.165, 1.54) is 18.5 Å². The summed E-state index contributed by atoms with van der Waals surface area (Å²) in [5, 5.41) is 3.04. The van der Waals surface area contributed by atoms with Gasteiger partial charge in [-0.05, 0) is 70.5 Å². The second-order valence-corrected chi connectivity index (χ2v) is 5.70. The summed E-state index contributed by atoms with van der Waals surface area (Å²) in [5.41, 5.74) is 3.26. The molecule has 21 heavy (non-hydrogen) atoms. The quantitative estimate of drug-likeness (QED) is 0.874. The molecule has 1 saturated heterocycles. The van der Waals surface area contributed by atoms with Crippen LogP contribution in [0.2, 0.25) is 0 Å². The predicted octanol–water partition coefficient (Wildman–Crippen LogP) is 2.88. The lowest BCUT2D eigenvalue weighted by Gasteiger charge is -2.22. The summed E-state index contributed by atoms with van der Waals surface area (Å²) in [4.78, 5) is 16.6. The SMILES string of the molecule is CCN(CC)c1ccc(NC(=O)CN2CCCC2)c(C)c1. The number of nitrogens with one attached hydrogen (secondary N) is 1. The van der Waals surface area contributed by atoms with Gasteiger partial charge in [-0.15, -0.1) is 0 Å². The van der Waals surface area contributed by atoms with Crippen molar-refractivity contribution < 1.29 is 4.79 Å². The van der Waals surface area contributed by atoms with Crippen molar-refractivity contribution in [1.82, 2.24) is 4.90 Å². The van der Waals surface area contributed by atoms with E-state index in [1.807, 2.05) is 6.07 Å². The number of rotatable bonds is 6. The third kappa shape index (κ3) is 4.21. The van der Waals surface area contributed by atoms with E-state index in [1.54, 1.807) is 0 Å². The standard InChI is InChI=1S/C17H27N3O/c1-4-20(5-2)15-8-9-16(14(3)12-15)18-17(21)13-19-10-6-7-11-19/h8-9,12H,4-7,10-11,13H2,1-3H3,(H,18,21). The first-order valence-corrected chi connectivity index (χ1v) is 8.01. The smallest absolute Gasteiger partial charge is 0.238 e. The Morgan fingerprint density at radius 2 is 1.90 bits per heavy atom. The van der Waals surface area contributed by atoms with E-state index in [-0.39, 0.29) is 5.91 Å². The number of hydrogen-bond acceptors (Lipinski definition) is 3. The van der Waals surface area contributed by atoms with Crippen LogP contribution in [0.1, 0.15) is 32.3 Å². The van der Waals surface area contributed by atoms with Gasteiger partial charge in [0, 0.05) is 24.5 Å². The van der Waals surface area contributed by atoms with Crippen molar-refractivity contribution in [3.63, 3.8) is 0 Å². The molecule has 4 heteroatoms. The predicted molar refractivity (Wildman–Crippen MR) is 89.0 cm³/mol. The molecule has 2 rings (SSSR count). The van der Waals surface area contributed by atoms with Gasteiger partial charge in [0.05, 0.1) is 6.54 Å². The zero-order chi connectivity index (χ0) is 15.2. The van der Waals surface area contributed by atoms with Gasteiger partial charge in [-0.1, -0.05) is 0 Å². The first kappa shape index (κ1) is 15.8. The number of carbonyl (C=O) groups is 1. The highest BCUT2D eigenvalue weighted by Crippen LogP contribution is 2.22. The Bertz CT molecular complexity index is 477. The van der Waals surface area contributed by atoms with Crippen molar-refractivity contribution in [1.29, 1.82) is 0 Å². The molecule has 0 spiro atoms. The third-order valence-electron chi connectivity index (χ3n) is 4.18. The van der Waals surface area contributed by atoms with E-state index in [0.29, 0.717) is 6.54 Å². The average molecular weight is 289 g/mol. The largest absolute Gasteiger partial charge is 0.372 e. The van der Waals surface area contributed by atoms with Gasteiger partial charge in [-0.2, -0.15) is 0 Å². The van der Waals surface area contributed by atoms with Crippen LogP contribution >= 0.6 is 0 Å². The molecule has 0 saturated carbocycles. The first-order valence-electron chi connectivity index (χ1n) is 8.01. The molecule has 1 aromatic rings. The first-order chi connectivity index (χ1) is 10.1. The lowest BCUT2D eigenvalue weighted by atomic mass is 10.1. The van der Waals surface area contributed by atoms with Crippen LogP contribution in [0.15, 0.2) is 18.2 Å². The van der Waals surface area contributed by atoms with Crippen molar-refractivity contribution in [3.8, 4) is 0 Å². The second-order valence-electron chi connectivity index (χ2n) is 5.70. The van der Waals surface area contributed by atoms with E-state index in [2.05, 4.69) is 48.0 Å². The highest BCUT2D eigenvalue weighted by atomic mass is 16.2. The van der Waals surface area contributed by atoms with Gasteiger partial charge in [-0.3, -0.25) is 9.69 Å². The minimum absolute atomic E-state index is 0.0931. The van der Waals surface area contributed by atoms with Gasteiger partial charge < -0.3 is 10.2 Å². The molecule has 0 atom stereocenters. The lowest BCUT2D eigenvalue weighted by molar-refractivity contribution is -0.117. The molecule has 4 nitrogen and oxygen atoms in total. The summed E-state index contributed by atoms with van der Waals surface area (Å²) < 4.78 is 0. The number of likely N-dealkylation sites (tertiary alicyclic amines) is 1.